The Balaban J connectivity index is -0.0000000486. The van der Waals surface area contributed by atoms with E-state index in [1.165, 1.54) is 0 Å². The van der Waals surface area contributed by atoms with Gasteiger partial charge in [0.15, 0.2) is 0 Å². The molecular formula is H9Na3O15S5. The molecule has 0 fully saturated rings. The van der Waals surface area contributed by atoms with E-state index in [0.717, 1.165) is 0 Å². The summed E-state index contributed by atoms with van der Waals surface area (Å²) in [4.78, 5) is 0. The molecule has 0 aliphatic carbocycles. The van der Waals surface area contributed by atoms with Crippen molar-refractivity contribution in [2.75, 3.05) is 0 Å². The second-order valence-electron chi connectivity index (χ2n) is 1.66. The molecule has 0 radical (unpaired) electrons. The van der Waals surface area contributed by atoms with Gasteiger partial charge in [0.1, 0.15) is 0 Å². The summed E-state index contributed by atoms with van der Waals surface area (Å²) in [6, 6.07) is 0. The Morgan fingerprint density at radius 1 is 0.609 bits per heavy atom. The van der Waals surface area contributed by atoms with Crippen LogP contribution in [0.1, 0.15) is 0 Å². The van der Waals surface area contributed by atoms with Crippen LogP contribution < -0.4 is 0 Å². The Kier molecular flexibility index (Phi) is 37.7. The van der Waals surface area contributed by atoms with Crippen molar-refractivity contribution in [1.29, 1.82) is 0 Å². The van der Waals surface area contributed by atoms with Crippen molar-refractivity contribution < 1.29 is 65.4 Å². The van der Waals surface area contributed by atoms with Crippen LogP contribution in [0, 0.1) is 0 Å². The van der Waals surface area contributed by atoms with Crippen LogP contribution in [0.15, 0.2) is 0 Å². The minimum absolute atomic E-state index is 0. The first-order valence-electron chi connectivity index (χ1n) is 2.93. The summed E-state index contributed by atoms with van der Waals surface area (Å²) >= 11 is -2.61. The molecule has 0 spiro atoms. The van der Waals surface area contributed by atoms with Gasteiger partial charge in [-0.1, -0.05) is 8.67 Å². The van der Waals surface area contributed by atoms with Crippen LogP contribution in [0.3, 0.4) is 0 Å². The van der Waals surface area contributed by atoms with E-state index in [-0.39, 0.29) is 88.7 Å². The quantitative estimate of drug-likeness (QED) is 0.0556. The van der Waals surface area contributed by atoms with Crippen LogP contribution in [-0.4, -0.2) is 145 Å². The normalized spacial score (nSPS) is 12.5. The molecule has 132 valence electrons. The zero-order chi connectivity index (χ0) is 17.1. The molecule has 6 N–H and O–H groups in total. The average molecular weight is 478 g/mol. The molecule has 0 heterocycles. The van der Waals surface area contributed by atoms with Gasteiger partial charge in [0.2, 0.25) is 0 Å². The molecule has 0 rings (SSSR count). The Morgan fingerprint density at radius 3 is 0.783 bits per heavy atom. The summed E-state index contributed by atoms with van der Waals surface area (Å²) in [6.07, 6.45) is 0. The second kappa shape index (κ2) is 21.3. The van der Waals surface area contributed by atoms with Gasteiger partial charge >= 0.3 is 109 Å². The van der Waals surface area contributed by atoms with Gasteiger partial charge in [-0.25, -0.2) is 8.42 Å². The molecule has 0 aliphatic heterocycles. The molecule has 0 bridgehead atoms. The van der Waals surface area contributed by atoms with Crippen LogP contribution in [0.2, 0.25) is 0 Å². The van der Waals surface area contributed by atoms with Gasteiger partial charge in [-0.15, -0.1) is 0 Å². The predicted molar refractivity (Wildman–Crippen MR) is 81.7 cm³/mol. The number of hydrogen-bond donors (Lipinski definition) is 6. The third-order valence-electron chi connectivity index (χ3n) is 0.322. The zero-order valence-electron chi connectivity index (χ0n) is 8.40. The Hall–Kier alpha value is 3.03. The van der Waals surface area contributed by atoms with Gasteiger partial charge in [-0.05, 0) is 0 Å². The van der Waals surface area contributed by atoms with Crippen molar-refractivity contribution in [3.63, 3.8) is 0 Å². The first-order valence-corrected chi connectivity index (χ1v) is 9.45. The fourth-order valence-electron chi connectivity index (χ4n) is 0.0702. The summed E-state index contributed by atoms with van der Waals surface area (Å²) in [5.74, 6) is 0. The van der Waals surface area contributed by atoms with Gasteiger partial charge in [0.05, 0.1) is 0 Å². The number of hydrogen-bond acceptors (Lipinski definition) is 9. The monoisotopic (exact) mass is 478 g/mol. The molecular weight excluding hydrogens is 469 g/mol. The van der Waals surface area contributed by atoms with E-state index in [1.54, 1.807) is 0 Å². The summed E-state index contributed by atoms with van der Waals surface area (Å²) in [5.41, 5.74) is 0. The molecule has 0 aromatic rings. The fraction of sp³-hybridized carbons (Fsp3) is 0. The fourth-order valence-corrected chi connectivity index (χ4v) is 0.632. The first kappa shape index (κ1) is 40.6. The SMILES string of the molecule is O=S(=O)(O)OOS(=O)(=O)O.O=S(O)O.O=S(O)S(=O)O.[NaH].[NaH].[NaH]. The molecule has 0 aromatic heterocycles. The van der Waals surface area contributed by atoms with Crippen LogP contribution in [0.25, 0.3) is 0 Å². The van der Waals surface area contributed by atoms with Crippen molar-refractivity contribution >= 4 is 141 Å². The Labute approximate surface area is 203 Å². The van der Waals surface area contributed by atoms with Gasteiger partial charge in [0, 0.05) is 0 Å². The van der Waals surface area contributed by atoms with Gasteiger partial charge in [-0.3, -0.25) is 27.3 Å². The van der Waals surface area contributed by atoms with Crippen molar-refractivity contribution in [2.45, 2.75) is 0 Å². The minimum atomic E-state index is -5.02. The van der Waals surface area contributed by atoms with Crippen LogP contribution >= 0.6 is 0 Å². The zero-order valence-corrected chi connectivity index (χ0v) is 12.5. The van der Waals surface area contributed by atoms with Crippen molar-refractivity contribution in [3.8, 4) is 0 Å². The molecule has 0 saturated carbocycles. The molecule has 0 aromatic carbocycles. The van der Waals surface area contributed by atoms with E-state index >= 15 is 0 Å². The molecule has 23 heavy (non-hydrogen) atoms. The molecule has 0 aliphatic rings. The summed E-state index contributed by atoms with van der Waals surface area (Å²) in [6.45, 7) is 0. The molecule has 0 saturated heterocycles. The molecule has 15 nitrogen and oxygen atoms in total. The van der Waals surface area contributed by atoms with Gasteiger partial charge in [0.25, 0.3) is 31.6 Å². The maximum absolute atomic E-state index is 9.51. The topological polar surface area (TPSA) is 259 Å². The standard InChI is InChI=1S/3Na.H2O8S2.H2O4S2.H2O3S.3H/c;;;1-9(2,3)7-8-10(4,5)6;1-5(2)6(3)4;1-4(2)3;;;/h;;;(H,1,2,3)(H,4,5,6);(H,1,2)(H,3,4);(H2,1,2,3);;;. The van der Waals surface area contributed by atoms with Gasteiger partial charge < -0.3 is 0 Å². The second-order valence-corrected chi connectivity index (χ2v) is 6.68. The Bertz CT molecular complexity index is 481. The molecule has 2 atom stereocenters. The summed E-state index contributed by atoms with van der Waals surface area (Å²) < 4.78 is 115. The van der Waals surface area contributed by atoms with Crippen molar-refractivity contribution in [3.05, 3.63) is 0 Å². The molecule has 23 heteroatoms. The van der Waals surface area contributed by atoms with Crippen LogP contribution in [-0.2, 0) is 61.1 Å². The van der Waals surface area contributed by atoms with Crippen LogP contribution in [0.4, 0.5) is 0 Å². The first-order chi connectivity index (χ1) is 8.58. The third-order valence-corrected chi connectivity index (χ3v) is 1.86. The van der Waals surface area contributed by atoms with E-state index in [9.17, 15) is 25.3 Å². The average Bonchev–Trinajstić information content (AvgIpc) is 2.12. The number of rotatable bonds is 4. The van der Waals surface area contributed by atoms with E-state index in [1.807, 2.05) is 0 Å². The molecule has 2 unspecified atom stereocenters. The van der Waals surface area contributed by atoms with Crippen molar-refractivity contribution in [1.82, 2.24) is 0 Å². The molecule has 0 amide bonds. The Morgan fingerprint density at radius 2 is 0.739 bits per heavy atom. The summed E-state index contributed by atoms with van der Waals surface area (Å²) in [5, 5.41) is 0. The van der Waals surface area contributed by atoms with Gasteiger partial charge in [-0.2, -0.15) is 21.0 Å². The van der Waals surface area contributed by atoms with Crippen LogP contribution in [0.5, 0.6) is 0 Å². The van der Waals surface area contributed by atoms with Crippen molar-refractivity contribution in [2.24, 2.45) is 0 Å². The van der Waals surface area contributed by atoms with E-state index in [4.69, 9.17) is 31.5 Å². The van der Waals surface area contributed by atoms with E-state index in [2.05, 4.69) is 8.67 Å². The summed E-state index contributed by atoms with van der Waals surface area (Å²) in [7, 11) is -15.2. The van der Waals surface area contributed by atoms with E-state index in [0.29, 0.717) is 0 Å². The predicted octanol–water partition coefficient (Wildman–Crippen LogP) is -4.38. The third kappa shape index (κ3) is 67.4. The van der Waals surface area contributed by atoms with E-state index < -0.39 is 52.4 Å². The maximum atomic E-state index is 9.51.